The zero-order chi connectivity index (χ0) is 18.1. The predicted octanol–water partition coefficient (Wildman–Crippen LogP) is 4.37. The molecule has 0 unspecified atom stereocenters. The van der Waals surface area contributed by atoms with Crippen molar-refractivity contribution in [2.75, 3.05) is 25.0 Å². The lowest BCUT2D eigenvalue weighted by Gasteiger charge is -2.20. The van der Waals surface area contributed by atoms with Crippen molar-refractivity contribution in [1.29, 1.82) is 0 Å². The van der Waals surface area contributed by atoms with E-state index in [0.717, 1.165) is 50.3 Å². The molecule has 2 aromatic rings. The molecule has 136 valence electrons. The average molecular weight is 363 g/mol. The first-order valence-electron chi connectivity index (χ1n) is 8.94. The normalized spacial score (nSPS) is 11.0. The van der Waals surface area contributed by atoms with Crippen molar-refractivity contribution in [3.05, 3.63) is 41.9 Å². The maximum absolute atomic E-state index is 12.1. The highest BCUT2D eigenvalue weighted by Crippen LogP contribution is 2.24. The Bertz CT molecular complexity index is 651. The Labute approximate surface area is 155 Å². The number of carbonyl (C=O) groups excluding carboxylic acids is 1. The van der Waals surface area contributed by atoms with Crippen molar-refractivity contribution in [3.63, 3.8) is 0 Å². The van der Waals surface area contributed by atoms with Crippen LogP contribution in [0.1, 0.15) is 39.5 Å². The zero-order valence-electron chi connectivity index (χ0n) is 15.0. The molecule has 1 aromatic heterocycles. The summed E-state index contributed by atoms with van der Waals surface area (Å²) in [5.41, 5.74) is 1.56. The van der Waals surface area contributed by atoms with Crippen molar-refractivity contribution in [2.24, 2.45) is 0 Å². The van der Waals surface area contributed by atoms with E-state index in [2.05, 4.69) is 29.0 Å². The Morgan fingerprint density at radius 2 is 2.00 bits per heavy atom. The quantitative estimate of drug-likeness (QED) is 0.682. The highest BCUT2D eigenvalue weighted by Gasteiger charge is 2.08. The van der Waals surface area contributed by atoms with Crippen molar-refractivity contribution in [1.82, 2.24) is 14.5 Å². The molecule has 0 aliphatic rings. The number of hydrogen-bond acceptors (Lipinski definition) is 3. The van der Waals surface area contributed by atoms with Crippen LogP contribution in [0.2, 0.25) is 5.02 Å². The first-order valence-corrected chi connectivity index (χ1v) is 9.32. The average Bonchev–Trinajstić information content (AvgIpc) is 3.09. The minimum Gasteiger partial charge on any atom is -0.326 e. The van der Waals surface area contributed by atoms with E-state index in [-0.39, 0.29) is 5.91 Å². The van der Waals surface area contributed by atoms with Crippen molar-refractivity contribution < 1.29 is 4.79 Å². The van der Waals surface area contributed by atoms with E-state index in [1.165, 1.54) is 0 Å². The van der Waals surface area contributed by atoms with Gasteiger partial charge in [0.25, 0.3) is 0 Å². The molecule has 1 N–H and O–H groups in total. The molecule has 5 nitrogen and oxygen atoms in total. The summed E-state index contributed by atoms with van der Waals surface area (Å²) < 4.78 is 1.84. The number of halogens is 1. The second kappa shape index (κ2) is 10.2. The number of nitrogens with one attached hydrogen (secondary N) is 1. The summed E-state index contributed by atoms with van der Waals surface area (Å²) in [7, 11) is 0. The molecule has 25 heavy (non-hydrogen) atoms. The zero-order valence-corrected chi connectivity index (χ0v) is 15.8. The number of anilines is 1. The maximum atomic E-state index is 12.1. The van der Waals surface area contributed by atoms with Gasteiger partial charge in [-0.2, -0.15) is 0 Å². The third-order valence-corrected chi connectivity index (χ3v) is 4.27. The monoisotopic (exact) mass is 362 g/mol. The van der Waals surface area contributed by atoms with E-state index in [0.29, 0.717) is 11.4 Å². The number of carbonyl (C=O) groups is 1. The first-order chi connectivity index (χ1) is 12.1. The Morgan fingerprint density at radius 1 is 1.24 bits per heavy atom. The SMILES string of the molecule is CCCN(CCC)CCCC(=O)Nc1ccc(-n2ccnc2)c(Cl)c1. The minimum absolute atomic E-state index is 0.0272. The second-order valence-corrected chi connectivity index (χ2v) is 6.54. The van der Waals surface area contributed by atoms with Crippen LogP contribution in [-0.4, -0.2) is 40.0 Å². The van der Waals surface area contributed by atoms with Gasteiger partial charge in [0.1, 0.15) is 0 Å². The molecule has 0 saturated carbocycles. The summed E-state index contributed by atoms with van der Waals surface area (Å²) in [5, 5.41) is 3.50. The van der Waals surface area contributed by atoms with Crippen LogP contribution < -0.4 is 5.32 Å². The fourth-order valence-electron chi connectivity index (χ4n) is 2.85. The minimum atomic E-state index is 0.0272. The highest BCUT2D eigenvalue weighted by molar-refractivity contribution is 6.32. The lowest BCUT2D eigenvalue weighted by Crippen LogP contribution is -2.27. The van der Waals surface area contributed by atoms with Crippen LogP contribution in [0.4, 0.5) is 5.69 Å². The van der Waals surface area contributed by atoms with Gasteiger partial charge in [-0.3, -0.25) is 4.79 Å². The molecular weight excluding hydrogens is 336 g/mol. The summed E-state index contributed by atoms with van der Waals surface area (Å²) >= 11 is 6.31. The summed E-state index contributed by atoms with van der Waals surface area (Å²) in [4.78, 5) is 18.6. The lowest BCUT2D eigenvalue weighted by atomic mass is 10.2. The summed E-state index contributed by atoms with van der Waals surface area (Å²) in [6.07, 6.45) is 8.90. The van der Waals surface area contributed by atoms with Crippen LogP contribution in [-0.2, 0) is 4.79 Å². The molecule has 6 heteroatoms. The molecule has 1 aromatic carbocycles. The van der Waals surface area contributed by atoms with E-state index >= 15 is 0 Å². The molecule has 0 aliphatic carbocycles. The lowest BCUT2D eigenvalue weighted by molar-refractivity contribution is -0.116. The smallest absolute Gasteiger partial charge is 0.224 e. The van der Waals surface area contributed by atoms with Crippen molar-refractivity contribution >= 4 is 23.2 Å². The van der Waals surface area contributed by atoms with E-state index in [4.69, 9.17) is 11.6 Å². The van der Waals surface area contributed by atoms with Crippen LogP contribution >= 0.6 is 11.6 Å². The van der Waals surface area contributed by atoms with Gasteiger partial charge in [0.15, 0.2) is 0 Å². The predicted molar refractivity (Wildman–Crippen MR) is 103 cm³/mol. The molecule has 0 saturated heterocycles. The molecule has 0 atom stereocenters. The van der Waals surface area contributed by atoms with Crippen LogP contribution in [0.25, 0.3) is 5.69 Å². The van der Waals surface area contributed by atoms with Gasteiger partial charge in [-0.25, -0.2) is 4.98 Å². The van der Waals surface area contributed by atoms with E-state index in [9.17, 15) is 4.79 Å². The second-order valence-electron chi connectivity index (χ2n) is 6.13. The number of amides is 1. The van der Waals surface area contributed by atoms with Crippen LogP contribution in [0.5, 0.6) is 0 Å². The van der Waals surface area contributed by atoms with Gasteiger partial charge >= 0.3 is 0 Å². The van der Waals surface area contributed by atoms with E-state index in [1.807, 2.05) is 22.9 Å². The maximum Gasteiger partial charge on any atom is 0.224 e. The van der Waals surface area contributed by atoms with Gasteiger partial charge in [-0.1, -0.05) is 25.4 Å². The van der Waals surface area contributed by atoms with Gasteiger partial charge in [0.05, 0.1) is 17.0 Å². The Kier molecular flexibility index (Phi) is 7.95. The first kappa shape index (κ1) is 19.5. The molecule has 0 aliphatic heterocycles. The van der Waals surface area contributed by atoms with Gasteiger partial charge in [0.2, 0.25) is 5.91 Å². The molecule has 0 spiro atoms. The molecule has 2 rings (SSSR count). The van der Waals surface area contributed by atoms with Crippen LogP contribution in [0.15, 0.2) is 36.9 Å². The van der Waals surface area contributed by atoms with Crippen LogP contribution in [0, 0.1) is 0 Å². The number of rotatable bonds is 10. The molecule has 1 amide bonds. The van der Waals surface area contributed by atoms with Crippen LogP contribution in [0.3, 0.4) is 0 Å². The summed E-state index contributed by atoms with van der Waals surface area (Å²) in [6.45, 7) is 7.54. The van der Waals surface area contributed by atoms with Crippen molar-refractivity contribution in [3.8, 4) is 5.69 Å². The van der Waals surface area contributed by atoms with Crippen molar-refractivity contribution in [2.45, 2.75) is 39.5 Å². The molecule has 1 heterocycles. The van der Waals surface area contributed by atoms with Gasteiger partial charge in [-0.15, -0.1) is 0 Å². The third kappa shape index (κ3) is 6.18. The van der Waals surface area contributed by atoms with Gasteiger partial charge in [0, 0.05) is 24.5 Å². The highest BCUT2D eigenvalue weighted by atomic mass is 35.5. The fourth-order valence-corrected chi connectivity index (χ4v) is 3.13. The number of imidazole rings is 1. The molecule has 0 fully saturated rings. The molecule has 0 radical (unpaired) electrons. The topological polar surface area (TPSA) is 50.2 Å². The van der Waals surface area contributed by atoms with Gasteiger partial charge in [-0.05, 0) is 57.1 Å². The Hall–Kier alpha value is -1.85. The van der Waals surface area contributed by atoms with E-state index < -0.39 is 0 Å². The van der Waals surface area contributed by atoms with E-state index in [1.54, 1.807) is 18.6 Å². The molecule has 0 bridgehead atoms. The summed E-state index contributed by atoms with van der Waals surface area (Å²) in [5.74, 6) is 0.0272. The Balaban J connectivity index is 1.83. The number of nitrogens with zero attached hydrogens (tertiary/aromatic N) is 3. The number of aromatic nitrogens is 2. The largest absolute Gasteiger partial charge is 0.326 e. The standard InChI is InChI=1S/C19H27ClN4O/c1-3-10-23(11-4-2)12-5-6-19(25)22-16-7-8-18(17(20)14-16)24-13-9-21-15-24/h7-9,13-15H,3-6,10-12H2,1-2H3,(H,22,25). The van der Waals surface area contributed by atoms with Gasteiger partial charge < -0.3 is 14.8 Å². The fraction of sp³-hybridized carbons (Fsp3) is 0.474. The number of benzene rings is 1. The number of hydrogen-bond donors (Lipinski definition) is 1. The third-order valence-electron chi connectivity index (χ3n) is 3.97. The summed E-state index contributed by atoms with van der Waals surface area (Å²) in [6, 6.07) is 5.51. The molecular formula is C19H27ClN4O. The Morgan fingerprint density at radius 3 is 2.60 bits per heavy atom.